The van der Waals surface area contributed by atoms with Crippen LogP contribution in [0.2, 0.25) is 0 Å². The molecule has 1 saturated heterocycles. The van der Waals surface area contributed by atoms with E-state index in [1.54, 1.807) is 7.05 Å². The van der Waals surface area contributed by atoms with Gasteiger partial charge in [0.15, 0.2) is 0 Å². The molecule has 2 heterocycles. The molecular weight excluding hydrogens is 382 g/mol. The van der Waals surface area contributed by atoms with Crippen molar-refractivity contribution in [3.63, 3.8) is 0 Å². The number of benzene rings is 1. The van der Waals surface area contributed by atoms with Gasteiger partial charge in [0.1, 0.15) is 0 Å². The second-order valence-corrected chi connectivity index (χ2v) is 8.21. The number of amides is 3. The van der Waals surface area contributed by atoms with Crippen LogP contribution in [0.25, 0.3) is 10.9 Å². The smallest absolute Gasteiger partial charge is 0.393 e. The number of hydrogen-bond acceptors (Lipinski definition) is 4. The van der Waals surface area contributed by atoms with Crippen molar-refractivity contribution in [2.75, 3.05) is 33.7 Å². The Balaban J connectivity index is 1.64. The van der Waals surface area contributed by atoms with Gasteiger partial charge in [-0.25, -0.2) is 9.59 Å². The average molecular weight is 414 g/mol. The van der Waals surface area contributed by atoms with Crippen molar-refractivity contribution in [1.29, 1.82) is 0 Å². The normalized spacial score (nSPS) is 23.0. The van der Waals surface area contributed by atoms with E-state index < -0.39 is 6.09 Å². The molecule has 3 amide bonds. The third kappa shape index (κ3) is 3.49. The molecule has 3 atom stereocenters. The Morgan fingerprint density at radius 2 is 2.07 bits per heavy atom. The van der Waals surface area contributed by atoms with Crippen molar-refractivity contribution < 1.29 is 14.3 Å². The predicted molar refractivity (Wildman–Crippen MR) is 116 cm³/mol. The highest BCUT2D eigenvalue weighted by Crippen LogP contribution is 2.45. The minimum atomic E-state index is -0.474. The molecule has 30 heavy (non-hydrogen) atoms. The quantitative estimate of drug-likeness (QED) is 0.719. The average Bonchev–Trinajstić information content (AvgIpc) is 3.08. The minimum Gasteiger partial charge on any atom is -0.393 e. The van der Waals surface area contributed by atoms with E-state index in [1.165, 1.54) is 5.56 Å². The molecular formula is C22H31N5O3. The summed E-state index contributed by atoms with van der Waals surface area (Å²) in [6, 6.07) is 6.64. The number of nitrogens with one attached hydrogen (secondary N) is 3. The number of carbonyl (C=O) groups excluding carboxylic acids is 2. The van der Waals surface area contributed by atoms with Crippen LogP contribution in [0.4, 0.5) is 9.59 Å². The van der Waals surface area contributed by atoms with Crippen molar-refractivity contribution in [1.82, 2.24) is 25.4 Å². The van der Waals surface area contributed by atoms with Crippen LogP contribution in [0.15, 0.2) is 18.2 Å². The van der Waals surface area contributed by atoms with Gasteiger partial charge in [-0.2, -0.15) is 0 Å². The summed E-state index contributed by atoms with van der Waals surface area (Å²) in [5.74, 6) is 0.839. The molecule has 4 rings (SSSR count). The van der Waals surface area contributed by atoms with Crippen molar-refractivity contribution in [2.45, 2.75) is 44.7 Å². The second-order valence-electron chi connectivity index (χ2n) is 8.21. The Hall–Kier alpha value is -2.74. The van der Waals surface area contributed by atoms with Gasteiger partial charge in [-0.1, -0.05) is 12.1 Å². The minimum absolute atomic E-state index is 0.00876. The third-order valence-corrected chi connectivity index (χ3v) is 6.59. The molecule has 3 N–H and O–H groups in total. The second kappa shape index (κ2) is 8.18. The lowest BCUT2D eigenvalue weighted by atomic mass is 9.74. The zero-order valence-electron chi connectivity index (χ0n) is 18.1. The number of aromatic nitrogens is 1. The molecule has 1 fully saturated rings. The summed E-state index contributed by atoms with van der Waals surface area (Å²) in [6.07, 6.45) is 1.23. The summed E-state index contributed by atoms with van der Waals surface area (Å²) in [4.78, 5) is 31.9. The lowest BCUT2D eigenvalue weighted by molar-refractivity contribution is 0.123. The molecule has 2 aliphatic rings. The number of hydrogen-bond donors (Lipinski definition) is 3. The summed E-state index contributed by atoms with van der Waals surface area (Å²) in [5.41, 5.74) is 3.30. The Kier molecular flexibility index (Phi) is 5.60. The van der Waals surface area contributed by atoms with Gasteiger partial charge in [-0.05, 0) is 45.4 Å². The van der Waals surface area contributed by atoms with E-state index in [4.69, 9.17) is 4.74 Å². The molecule has 0 bridgehead atoms. The first kappa shape index (κ1) is 20.5. The Bertz CT molecular complexity index is 952. The van der Waals surface area contributed by atoms with Gasteiger partial charge in [0.25, 0.3) is 0 Å². The lowest BCUT2D eigenvalue weighted by Gasteiger charge is -2.45. The number of fused-ring (bicyclic) bond motifs is 2. The van der Waals surface area contributed by atoms with Crippen molar-refractivity contribution in [3.05, 3.63) is 29.3 Å². The van der Waals surface area contributed by atoms with Gasteiger partial charge < -0.3 is 30.2 Å². The molecule has 1 aliphatic heterocycles. The van der Waals surface area contributed by atoms with E-state index in [-0.39, 0.29) is 12.1 Å². The van der Waals surface area contributed by atoms with Gasteiger partial charge in [-0.3, -0.25) is 0 Å². The van der Waals surface area contributed by atoms with Crippen LogP contribution in [-0.2, 0) is 6.42 Å². The summed E-state index contributed by atoms with van der Waals surface area (Å²) in [7, 11) is 3.67. The summed E-state index contributed by atoms with van der Waals surface area (Å²) < 4.78 is 5.51. The Morgan fingerprint density at radius 1 is 1.30 bits per heavy atom. The maximum Gasteiger partial charge on any atom is 0.413 e. The van der Waals surface area contributed by atoms with Gasteiger partial charge in [0.05, 0.1) is 0 Å². The van der Waals surface area contributed by atoms with Crippen LogP contribution in [0.5, 0.6) is 5.88 Å². The maximum absolute atomic E-state index is 12.6. The fraction of sp³-hybridized carbons (Fsp3) is 0.545. The highest BCUT2D eigenvalue weighted by molar-refractivity contribution is 5.91. The zero-order chi connectivity index (χ0) is 21.4. The van der Waals surface area contributed by atoms with E-state index in [2.05, 4.69) is 33.6 Å². The molecule has 2 aromatic rings. The molecule has 162 valence electrons. The van der Waals surface area contributed by atoms with Crippen LogP contribution < -0.4 is 15.4 Å². The number of ether oxygens (including phenoxy) is 1. The Labute approximate surface area is 176 Å². The van der Waals surface area contributed by atoms with E-state index >= 15 is 0 Å². The SMILES string of the molecule is CCN(CC)C(=O)N[C@H]1CC2c3cccc4[nH]c(OC(=O)NC)c(c34)C[C@H]2N(C)C1. The highest BCUT2D eigenvalue weighted by Gasteiger charge is 2.41. The molecule has 8 nitrogen and oxygen atoms in total. The Morgan fingerprint density at radius 3 is 2.77 bits per heavy atom. The first-order chi connectivity index (χ1) is 14.5. The number of likely N-dealkylation sites (N-methyl/N-ethyl adjacent to an activating group) is 1. The molecule has 0 saturated carbocycles. The van der Waals surface area contributed by atoms with Gasteiger partial charge >= 0.3 is 12.1 Å². The fourth-order valence-corrected chi connectivity index (χ4v) is 5.11. The summed E-state index contributed by atoms with van der Waals surface area (Å²) in [6.45, 7) is 6.21. The van der Waals surface area contributed by atoms with Gasteiger partial charge in [0, 0.05) is 61.1 Å². The number of nitrogens with zero attached hydrogens (tertiary/aromatic N) is 2. The van der Waals surface area contributed by atoms with Gasteiger partial charge in [-0.15, -0.1) is 0 Å². The first-order valence-corrected chi connectivity index (χ1v) is 10.7. The van der Waals surface area contributed by atoms with Crippen molar-refractivity contribution in [2.24, 2.45) is 0 Å². The largest absolute Gasteiger partial charge is 0.413 e. The van der Waals surface area contributed by atoms with Crippen LogP contribution in [-0.4, -0.2) is 72.7 Å². The summed E-state index contributed by atoms with van der Waals surface area (Å²) in [5, 5.41) is 6.91. The number of urea groups is 1. The van der Waals surface area contributed by atoms with Crippen LogP contribution >= 0.6 is 0 Å². The maximum atomic E-state index is 12.6. The number of piperidine rings is 1. The van der Waals surface area contributed by atoms with E-state index in [0.29, 0.717) is 30.9 Å². The van der Waals surface area contributed by atoms with Gasteiger partial charge in [0.2, 0.25) is 5.88 Å². The molecule has 1 unspecified atom stereocenters. The highest BCUT2D eigenvalue weighted by atomic mass is 16.6. The topological polar surface area (TPSA) is 89.7 Å². The molecule has 1 aromatic carbocycles. The zero-order valence-corrected chi connectivity index (χ0v) is 18.1. The van der Waals surface area contributed by atoms with E-state index in [9.17, 15) is 9.59 Å². The number of rotatable bonds is 4. The summed E-state index contributed by atoms with van der Waals surface area (Å²) >= 11 is 0. The molecule has 1 aromatic heterocycles. The molecule has 8 heteroatoms. The number of aromatic amines is 1. The number of likely N-dealkylation sites (tertiary alicyclic amines) is 1. The molecule has 1 aliphatic carbocycles. The number of H-pyrrole nitrogens is 1. The van der Waals surface area contributed by atoms with Crippen LogP contribution in [0, 0.1) is 0 Å². The van der Waals surface area contributed by atoms with Crippen LogP contribution in [0.3, 0.4) is 0 Å². The predicted octanol–water partition coefficient (Wildman–Crippen LogP) is 2.65. The van der Waals surface area contributed by atoms with Crippen molar-refractivity contribution in [3.8, 4) is 5.88 Å². The van der Waals surface area contributed by atoms with Crippen LogP contribution in [0.1, 0.15) is 37.3 Å². The molecule has 0 radical (unpaired) electrons. The van der Waals surface area contributed by atoms with E-state index in [0.717, 1.165) is 35.9 Å². The third-order valence-electron chi connectivity index (χ3n) is 6.59. The lowest BCUT2D eigenvalue weighted by Crippen LogP contribution is -2.56. The number of carbonyl (C=O) groups is 2. The van der Waals surface area contributed by atoms with Crippen molar-refractivity contribution >= 4 is 23.0 Å². The fourth-order valence-electron chi connectivity index (χ4n) is 5.11. The first-order valence-electron chi connectivity index (χ1n) is 10.7. The standard InChI is InChI=1S/C22H31N5O3/c1-5-27(6-2)21(28)24-13-10-15-14-8-7-9-17-19(14)16(11-18(15)26(4)12-13)20(25-17)30-22(29)23-3/h7-9,13,15,18,25H,5-6,10-12H2,1-4H3,(H,23,29)(H,24,28)/t13-,15?,18+/m0/s1. The van der Waals surface area contributed by atoms with E-state index in [1.807, 2.05) is 30.9 Å². The monoisotopic (exact) mass is 413 g/mol. The molecule has 0 spiro atoms.